The molecule has 0 unspecified atom stereocenters. The Balaban J connectivity index is 1.86. The molecule has 192 valence electrons. The summed E-state index contributed by atoms with van der Waals surface area (Å²) in [4.78, 5) is 27.4. The zero-order valence-electron chi connectivity index (χ0n) is 22.5. The summed E-state index contributed by atoms with van der Waals surface area (Å²) < 4.78 is 11.8. The minimum absolute atomic E-state index is 0.00462. The smallest absolute Gasteiger partial charge is 0.410 e. The molecule has 1 amide bonds. The summed E-state index contributed by atoms with van der Waals surface area (Å²) in [6.07, 6.45) is 2.15. The summed E-state index contributed by atoms with van der Waals surface area (Å²) in [6.45, 7) is 14.6. The number of carbonyl (C=O) groups excluding carboxylic acids is 1. The maximum Gasteiger partial charge on any atom is 0.410 e. The van der Waals surface area contributed by atoms with E-state index in [1.54, 1.807) is 0 Å². The summed E-state index contributed by atoms with van der Waals surface area (Å²) >= 11 is 0. The van der Waals surface area contributed by atoms with Gasteiger partial charge in [-0.3, -0.25) is 0 Å². The Hall–Kier alpha value is -2.15. The van der Waals surface area contributed by atoms with Crippen LogP contribution in [-0.4, -0.2) is 54.5 Å². The van der Waals surface area contributed by atoms with E-state index in [9.17, 15) is 9.59 Å². The molecule has 2 aromatic carbocycles. The first-order chi connectivity index (χ1) is 16.3. The summed E-state index contributed by atoms with van der Waals surface area (Å²) in [5.74, 6) is 0. The standard InChI is InChI=1S/C29H43NO4Si/c1-22(2)33-24-20-23(30(21-24)27(31)34-28(3,4)5)18-19-29(6,7)35(32,25-14-10-8-11-15-25)26-16-12-9-13-17-26/h8-17,22-24,32H,18-21H2,1-7H3/t23-,24-/m1/s1. The van der Waals surface area contributed by atoms with Crippen molar-refractivity contribution in [3.63, 3.8) is 0 Å². The first-order valence-corrected chi connectivity index (χ1v) is 14.8. The van der Waals surface area contributed by atoms with Crippen molar-refractivity contribution in [2.24, 2.45) is 0 Å². The van der Waals surface area contributed by atoms with Crippen LogP contribution in [0, 0.1) is 0 Å². The minimum Gasteiger partial charge on any atom is -0.444 e. The van der Waals surface area contributed by atoms with Gasteiger partial charge in [0.25, 0.3) is 8.32 Å². The van der Waals surface area contributed by atoms with Gasteiger partial charge in [0.15, 0.2) is 0 Å². The fraction of sp³-hybridized carbons (Fsp3) is 0.552. The summed E-state index contributed by atoms with van der Waals surface area (Å²) in [5, 5.41) is 1.65. The summed E-state index contributed by atoms with van der Waals surface area (Å²) in [7, 11) is -3.10. The van der Waals surface area contributed by atoms with Gasteiger partial charge in [0.2, 0.25) is 0 Å². The van der Waals surface area contributed by atoms with Crippen molar-refractivity contribution >= 4 is 24.8 Å². The quantitative estimate of drug-likeness (QED) is 0.516. The van der Waals surface area contributed by atoms with Crippen molar-refractivity contribution < 1.29 is 19.1 Å². The van der Waals surface area contributed by atoms with Gasteiger partial charge in [-0.2, -0.15) is 0 Å². The average Bonchev–Trinajstić information content (AvgIpc) is 3.19. The highest BCUT2D eigenvalue weighted by Gasteiger charge is 2.50. The predicted octanol–water partition coefficient (Wildman–Crippen LogP) is 5.10. The molecule has 1 saturated heterocycles. The number of rotatable bonds is 8. The molecule has 35 heavy (non-hydrogen) atoms. The zero-order valence-corrected chi connectivity index (χ0v) is 23.5. The van der Waals surface area contributed by atoms with Crippen molar-refractivity contribution in [3.8, 4) is 0 Å². The van der Waals surface area contributed by atoms with Crippen LogP contribution in [0.15, 0.2) is 60.7 Å². The lowest BCUT2D eigenvalue weighted by molar-refractivity contribution is 0.00326. The lowest BCUT2D eigenvalue weighted by Gasteiger charge is -2.42. The second kappa shape index (κ2) is 10.9. The molecule has 1 aliphatic rings. The number of hydrogen-bond acceptors (Lipinski definition) is 4. The van der Waals surface area contributed by atoms with Crippen LogP contribution in [0.1, 0.15) is 67.7 Å². The van der Waals surface area contributed by atoms with Gasteiger partial charge in [0.1, 0.15) is 5.60 Å². The van der Waals surface area contributed by atoms with Gasteiger partial charge in [-0.05, 0) is 69.3 Å². The number of amides is 1. The van der Waals surface area contributed by atoms with Gasteiger partial charge in [-0.15, -0.1) is 0 Å². The Morgan fingerprint density at radius 2 is 1.51 bits per heavy atom. The molecular weight excluding hydrogens is 454 g/mol. The van der Waals surface area contributed by atoms with Gasteiger partial charge in [-0.25, -0.2) is 4.79 Å². The van der Waals surface area contributed by atoms with Crippen LogP contribution in [0.2, 0.25) is 5.04 Å². The van der Waals surface area contributed by atoms with Crippen LogP contribution in [0.4, 0.5) is 4.79 Å². The monoisotopic (exact) mass is 497 g/mol. The highest BCUT2D eigenvalue weighted by atomic mass is 28.4. The van der Waals surface area contributed by atoms with Crippen LogP contribution >= 0.6 is 0 Å². The Morgan fingerprint density at radius 3 is 1.97 bits per heavy atom. The molecule has 1 heterocycles. The van der Waals surface area contributed by atoms with Crippen molar-refractivity contribution in [1.82, 2.24) is 4.90 Å². The predicted molar refractivity (Wildman–Crippen MR) is 145 cm³/mol. The van der Waals surface area contributed by atoms with Crippen LogP contribution in [0.3, 0.4) is 0 Å². The molecule has 3 rings (SSSR count). The molecule has 2 atom stereocenters. The lowest BCUT2D eigenvalue weighted by atomic mass is 10.0. The van der Waals surface area contributed by atoms with E-state index in [1.807, 2.05) is 75.9 Å². The molecule has 1 aliphatic heterocycles. The van der Waals surface area contributed by atoms with Crippen LogP contribution < -0.4 is 10.4 Å². The van der Waals surface area contributed by atoms with E-state index in [-0.39, 0.29) is 29.4 Å². The van der Waals surface area contributed by atoms with E-state index in [0.717, 1.165) is 29.6 Å². The SMILES string of the molecule is CC(C)O[C@@H]1C[C@@H](CCC(C)(C)[Si](O)(c2ccccc2)c2ccccc2)N(C(=O)OC(C)(C)C)C1. The number of benzene rings is 2. The lowest BCUT2D eigenvalue weighted by Crippen LogP contribution is -2.65. The molecule has 0 bridgehead atoms. The second-order valence-electron chi connectivity index (χ2n) is 11.7. The highest BCUT2D eigenvalue weighted by molar-refractivity contribution is 6.98. The molecule has 6 heteroatoms. The van der Waals surface area contributed by atoms with E-state index in [0.29, 0.717) is 6.54 Å². The van der Waals surface area contributed by atoms with Gasteiger partial charge < -0.3 is 19.2 Å². The van der Waals surface area contributed by atoms with Gasteiger partial charge in [0.05, 0.1) is 18.8 Å². The van der Waals surface area contributed by atoms with Crippen molar-refractivity contribution in [1.29, 1.82) is 0 Å². The number of hydrogen-bond donors (Lipinski definition) is 1. The molecule has 0 aromatic heterocycles. The van der Waals surface area contributed by atoms with Crippen LogP contribution in [0.25, 0.3) is 0 Å². The molecule has 0 radical (unpaired) electrons. The molecule has 2 aromatic rings. The fourth-order valence-electron chi connectivity index (χ4n) is 5.19. The zero-order chi connectivity index (χ0) is 25.9. The van der Waals surface area contributed by atoms with Crippen molar-refractivity contribution in [2.75, 3.05) is 6.54 Å². The largest absolute Gasteiger partial charge is 0.444 e. The number of likely N-dealkylation sites (tertiary alicyclic amines) is 1. The molecule has 0 spiro atoms. The summed E-state index contributed by atoms with van der Waals surface area (Å²) in [5.41, 5.74) is -0.550. The third-order valence-corrected chi connectivity index (χ3v) is 11.5. The molecular formula is C29H43NO4Si. The third-order valence-electron chi connectivity index (χ3n) is 6.93. The fourth-order valence-corrected chi connectivity index (χ4v) is 8.94. The number of nitrogens with zero attached hydrogens (tertiary/aromatic N) is 1. The van der Waals surface area contributed by atoms with Crippen molar-refractivity contribution in [2.45, 2.75) is 96.6 Å². The van der Waals surface area contributed by atoms with Crippen molar-refractivity contribution in [3.05, 3.63) is 60.7 Å². The Labute approximate surface area is 212 Å². The van der Waals surface area contributed by atoms with E-state index in [4.69, 9.17) is 9.47 Å². The highest BCUT2D eigenvalue weighted by Crippen LogP contribution is 2.42. The second-order valence-corrected chi connectivity index (χ2v) is 15.6. The van der Waals surface area contributed by atoms with Gasteiger partial charge in [0, 0.05) is 6.04 Å². The molecule has 1 fully saturated rings. The third kappa shape index (κ3) is 6.54. The topological polar surface area (TPSA) is 59.0 Å². The molecule has 5 nitrogen and oxygen atoms in total. The summed E-state index contributed by atoms with van der Waals surface area (Å²) in [6, 6.07) is 20.2. The first-order valence-electron chi connectivity index (χ1n) is 12.8. The van der Waals surface area contributed by atoms with Gasteiger partial charge >= 0.3 is 6.09 Å². The van der Waals surface area contributed by atoms with E-state index >= 15 is 0 Å². The Morgan fingerprint density at radius 1 is 1.00 bits per heavy atom. The maximum atomic E-state index is 13.1. The van der Waals surface area contributed by atoms with Crippen LogP contribution in [-0.2, 0) is 9.47 Å². The molecule has 1 N–H and O–H groups in total. The Bertz CT molecular complexity index is 916. The first kappa shape index (κ1) is 27.4. The molecule has 0 saturated carbocycles. The average molecular weight is 498 g/mol. The maximum absolute atomic E-state index is 13.1. The Kier molecular flexibility index (Phi) is 8.51. The minimum atomic E-state index is -3.10. The van der Waals surface area contributed by atoms with Gasteiger partial charge in [-0.1, -0.05) is 74.5 Å². The number of ether oxygens (including phenoxy) is 2. The van der Waals surface area contributed by atoms with Crippen LogP contribution in [0.5, 0.6) is 0 Å². The number of carbonyl (C=O) groups is 1. The van der Waals surface area contributed by atoms with E-state index in [2.05, 4.69) is 38.1 Å². The van der Waals surface area contributed by atoms with E-state index < -0.39 is 13.9 Å². The van der Waals surface area contributed by atoms with E-state index in [1.165, 1.54) is 0 Å². The molecule has 0 aliphatic carbocycles. The normalized spacial score (nSPS) is 19.3.